The predicted octanol–water partition coefficient (Wildman–Crippen LogP) is 1.43. The van der Waals surface area contributed by atoms with E-state index in [4.69, 9.17) is 9.53 Å². The molecular weight excluding hydrogens is 208 g/mol. The van der Waals surface area contributed by atoms with Crippen LogP contribution in [0.15, 0.2) is 0 Å². The van der Waals surface area contributed by atoms with Crippen molar-refractivity contribution in [2.24, 2.45) is 0 Å². The summed E-state index contributed by atoms with van der Waals surface area (Å²) in [7, 11) is -0.298. The number of aliphatic hydroxyl groups excluding tert-OH is 1. The van der Waals surface area contributed by atoms with Gasteiger partial charge in [-0.25, -0.2) is 0 Å². The first-order valence-corrected chi connectivity index (χ1v) is 7.59. The van der Waals surface area contributed by atoms with E-state index in [0.29, 0.717) is 18.6 Å². The molecule has 0 bridgehead atoms. The molecule has 0 radical (unpaired) electrons. The summed E-state index contributed by atoms with van der Waals surface area (Å²) >= 11 is 0. The molecule has 3 nitrogen and oxygen atoms in total. The molecule has 0 atom stereocenters. The minimum Gasteiger partial charge on any atom is -0.424 e. The lowest BCUT2D eigenvalue weighted by Crippen LogP contribution is -2.00. The van der Waals surface area contributed by atoms with Crippen molar-refractivity contribution < 1.29 is 14.3 Å². The molecule has 90 valence electrons. The Hall–Kier alpha value is -0.193. The van der Waals surface area contributed by atoms with Crippen LogP contribution in [0.2, 0.25) is 6.04 Å². The highest BCUT2D eigenvalue weighted by atomic mass is 28.2. The molecule has 0 unspecified atom stereocenters. The van der Waals surface area contributed by atoms with Gasteiger partial charge in [0.1, 0.15) is 5.78 Å². The molecule has 0 amide bonds. The molecule has 0 heterocycles. The van der Waals surface area contributed by atoms with E-state index in [1.54, 1.807) is 0 Å². The molecule has 0 aliphatic rings. The fraction of sp³-hybridized carbons (Fsp3) is 0.909. The van der Waals surface area contributed by atoms with E-state index in [1.807, 2.05) is 6.92 Å². The molecule has 0 rings (SSSR count). The van der Waals surface area contributed by atoms with E-state index in [-0.39, 0.29) is 16.4 Å². The maximum Gasteiger partial charge on any atom is 0.161 e. The molecule has 0 aliphatic heterocycles. The number of aliphatic hydroxyl groups is 1. The second-order valence-corrected chi connectivity index (χ2v) is 5.25. The fourth-order valence-corrected chi connectivity index (χ4v) is 2.46. The van der Waals surface area contributed by atoms with Crippen molar-refractivity contribution in [3.05, 3.63) is 0 Å². The summed E-state index contributed by atoms with van der Waals surface area (Å²) in [5, 5.41) is 8.56. The van der Waals surface area contributed by atoms with Gasteiger partial charge in [-0.15, -0.1) is 0 Å². The Labute approximate surface area is 95.2 Å². The first-order valence-electron chi connectivity index (χ1n) is 6.01. The summed E-state index contributed by atoms with van der Waals surface area (Å²) in [6.07, 6.45) is 5.09. The molecule has 0 aromatic heterocycles. The van der Waals surface area contributed by atoms with Crippen molar-refractivity contribution in [2.75, 3.05) is 13.2 Å². The molecular formula is C11H24O3Si. The number of carbonyl (C=O) groups excluding carboxylic acids is 1. The average molecular weight is 232 g/mol. The first kappa shape index (κ1) is 14.8. The highest BCUT2D eigenvalue weighted by Gasteiger charge is 2.01. The van der Waals surface area contributed by atoms with Crippen molar-refractivity contribution in [1.82, 2.24) is 0 Å². The van der Waals surface area contributed by atoms with E-state index in [2.05, 4.69) is 0 Å². The molecule has 0 saturated heterocycles. The maximum atomic E-state index is 11.3. The summed E-state index contributed by atoms with van der Waals surface area (Å²) in [6.45, 7) is 3.07. The molecule has 0 spiro atoms. The molecule has 0 fully saturated rings. The third kappa shape index (κ3) is 11.7. The van der Waals surface area contributed by atoms with Gasteiger partial charge in [0.15, 0.2) is 9.76 Å². The van der Waals surface area contributed by atoms with Crippen LogP contribution >= 0.6 is 0 Å². The third-order valence-corrected chi connectivity index (χ3v) is 3.80. The lowest BCUT2D eigenvalue weighted by molar-refractivity contribution is -0.119. The Bertz CT molecular complexity index is 151. The standard InChI is InChI=1S/C11H24O3Si/c1-2-14-15-10-6-4-8-11(13)7-3-5-9-12/h12H,2-10,15H2,1H3. The zero-order valence-corrected chi connectivity index (χ0v) is 11.2. The number of hydrogen-bond donors (Lipinski definition) is 1. The molecule has 1 N–H and O–H groups in total. The lowest BCUT2D eigenvalue weighted by atomic mass is 10.1. The Morgan fingerprint density at radius 3 is 2.47 bits per heavy atom. The second-order valence-electron chi connectivity index (χ2n) is 3.73. The molecule has 0 aliphatic carbocycles. The van der Waals surface area contributed by atoms with Crippen LogP contribution in [0.4, 0.5) is 0 Å². The fourth-order valence-electron chi connectivity index (χ4n) is 1.41. The predicted molar refractivity (Wildman–Crippen MR) is 64.8 cm³/mol. The van der Waals surface area contributed by atoms with E-state index >= 15 is 0 Å². The van der Waals surface area contributed by atoms with Crippen LogP contribution < -0.4 is 0 Å². The van der Waals surface area contributed by atoms with Crippen LogP contribution in [-0.2, 0) is 9.22 Å². The average Bonchev–Trinajstić information content (AvgIpc) is 2.23. The Morgan fingerprint density at radius 2 is 1.87 bits per heavy atom. The molecule has 15 heavy (non-hydrogen) atoms. The number of rotatable bonds is 11. The quantitative estimate of drug-likeness (QED) is 0.433. The Morgan fingerprint density at radius 1 is 1.20 bits per heavy atom. The van der Waals surface area contributed by atoms with Crippen molar-refractivity contribution in [3.8, 4) is 0 Å². The number of unbranched alkanes of at least 4 members (excludes halogenated alkanes) is 2. The maximum absolute atomic E-state index is 11.3. The minimum absolute atomic E-state index is 0.202. The summed E-state index contributed by atoms with van der Waals surface area (Å²) < 4.78 is 5.35. The zero-order chi connectivity index (χ0) is 11.4. The number of carbonyl (C=O) groups is 1. The van der Waals surface area contributed by atoms with E-state index in [1.165, 1.54) is 6.04 Å². The minimum atomic E-state index is -0.298. The van der Waals surface area contributed by atoms with Crippen LogP contribution in [0.25, 0.3) is 0 Å². The zero-order valence-electron chi connectivity index (χ0n) is 9.83. The van der Waals surface area contributed by atoms with Crippen molar-refractivity contribution >= 4 is 15.5 Å². The SMILES string of the molecule is CCO[SiH2]CCCCC(=O)CCCCO. The van der Waals surface area contributed by atoms with Gasteiger partial charge in [0.05, 0.1) is 0 Å². The van der Waals surface area contributed by atoms with E-state index < -0.39 is 0 Å². The normalized spacial score (nSPS) is 11.3. The summed E-state index contributed by atoms with van der Waals surface area (Å²) in [5.41, 5.74) is 0. The van der Waals surface area contributed by atoms with Crippen LogP contribution in [-0.4, -0.2) is 33.9 Å². The Balaban J connectivity index is 3.10. The summed E-state index contributed by atoms with van der Waals surface area (Å²) in [6, 6.07) is 1.19. The van der Waals surface area contributed by atoms with Crippen LogP contribution in [0, 0.1) is 0 Å². The Kier molecular flexibility index (Phi) is 11.7. The molecule has 0 saturated carbocycles. The van der Waals surface area contributed by atoms with Crippen LogP contribution in [0.5, 0.6) is 0 Å². The van der Waals surface area contributed by atoms with Gasteiger partial charge < -0.3 is 9.53 Å². The number of Topliss-reactive ketones (excluding diaryl/α,β-unsaturated/α-hetero) is 1. The smallest absolute Gasteiger partial charge is 0.161 e. The largest absolute Gasteiger partial charge is 0.424 e. The third-order valence-electron chi connectivity index (χ3n) is 2.31. The van der Waals surface area contributed by atoms with Gasteiger partial charge in [-0.2, -0.15) is 0 Å². The van der Waals surface area contributed by atoms with Gasteiger partial charge in [0, 0.05) is 26.1 Å². The van der Waals surface area contributed by atoms with E-state index in [9.17, 15) is 4.79 Å². The van der Waals surface area contributed by atoms with Crippen molar-refractivity contribution in [2.45, 2.75) is 51.5 Å². The highest BCUT2D eigenvalue weighted by molar-refractivity contribution is 6.26. The number of ketones is 1. The van der Waals surface area contributed by atoms with Crippen molar-refractivity contribution in [1.29, 1.82) is 0 Å². The monoisotopic (exact) mass is 232 g/mol. The molecule has 0 aromatic carbocycles. The second kappa shape index (κ2) is 11.9. The van der Waals surface area contributed by atoms with Crippen LogP contribution in [0.3, 0.4) is 0 Å². The lowest BCUT2D eigenvalue weighted by Gasteiger charge is -2.01. The molecule has 4 heteroatoms. The first-order chi connectivity index (χ1) is 7.31. The summed E-state index contributed by atoms with van der Waals surface area (Å²) in [5.74, 6) is 0.349. The number of hydrogen-bond acceptors (Lipinski definition) is 3. The van der Waals surface area contributed by atoms with Gasteiger partial charge >= 0.3 is 0 Å². The topological polar surface area (TPSA) is 46.5 Å². The van der Waals surface area contributed by atoms with Gasteiger partial charge in [0.2, 0.25) is 0 Å². The van der Waals surface area contributed by atoms with E-state index in [0.717, 1.165) is 32.3 Å². The molecule has 0 aromatic rings. The summed E-state index contributed by atoms with van der Waals surface area (Å²) in [4.78, 5) is 11.3. The van der Waals surface area contributed by atoms with Gasteiger partial charge in [-0.3, -0.25) is 4.79 Å². The highest BCUT2D eigenvalue weighted by Crippen LogP contribution is 2.05. The van der Waals surface area contributed by atoms with Gasteiger partial charge in [-0.1, -0.05) is 6.42 Å². The van der Waals surface area contributed by atoms with Gasteiger partial charge in [0.25, 0.3) is 0 Å². The van der Waals surface area contributed by atoms with Gasteiger partial charge in [-0.05, 0) is 32.2 Å². The van der Waals surface area contributed by atoms with Crippen molar-refractivity contribution in [3.63, 3.8) is 0 Å². The van der Waals surface area contributed by atoms with Crippen LogP contribution in [0.1, 0.15) is 45.4 Å².